The van der Waals surface area contributed by atoms with Gasteiger partial charge in [-0.25, -0.2) is 0 Å². The van der Waals surface area contributed by atoms with E-state index in [1.165, 1.54) is 43.9 Å². The fourth-order valence-electron chi connectivity index (χ4n) is 5.91. The quantitative estimate of drug-likeness (QED) is 0.815. The molecule has 4 saturated carbocycles. The summed E-state index contributed by atoms with van der Waals surface area (Å²) in [6.45, 7) is 1.68. The first-order valence-corrected chi connectivity index (χ1v) is 9.51. The van der Waals surface area contributed by atoms with Gasteiger partial charge in [0.05, 0.1) is 17.7 Å². The molecule has 24 heavy (non-hydrogen) atoms. The van der Waals surface area contributed by atoms with Gasteiger partial charge < -0.3 is 10.1 Å². The Morgan fingerprint density at radius 1 is 1.00 bits per heavy atom. The minimum absolute atomic E-state index is 0.219. The van der Waals surface area contributed by atoms with Crippen LogP contribution in [0.4, 0.5) is 5.69 Å². The SMILES string of the molecule is c1ccc2c(NCCOC34CC5CC(CC(C5)C3)C4)ccnc2c1. The van der Waals surface area contributed by atoms with Gasteiger partial charge in [0.15, 0.2) is 0 Å². The smallest absolute Gasteiger partial charge is 0.0722 e. The molecule has 1 heterocycles. The molecule has 0 saturated heterocycles. The van der Waals surface area contributed by atoms with E-state index < -0.39 is 0 Å². The zero-order valence-corrected chi connectivity index (χ0v) is 14.2. The van der Waals surface area contributed by atoms with Gasteiger partial charge in [0.2, 0.25) is 0 Å². The molecular weight excluding hydrogens is 296 g/mol. The Morgan fingerprint density at radius 3 is 2.46 bits per heavy atom. The van der Waals surface area contributed by atoms with E-state index in [2.05, 4.69) is 34.6 Å². The second-order valence-electron chi connectivity index (χ2n) is 8.25. The van der Waals surface area contributed by atoms with Crippen LogP contribution in [0.25, 0.3) is 10.9 Å². The molecule has 4 fully saturated rings. The molecule has 0 atom stereocenters. The average molecular weight is 322 g/mol. The van der Waals surface area contributed by atoms with Crippen LogP contribution >= 0.6 is 0 Å². The standard InChI is InChI=1S/C21H26N2O/c1-2-4-19-18(3-1)20(5-6-22-19)23-7-8-24-21-12-15-9-16(13-21)11-17(10-15)14-21/h1-6,15-17H,7-14H2,(H,22,23). The number of benzene rings is 1. The zero-order valence-electron chi connectivity index (χ0n) is 14.2. The first-order chi connectivity index (χ1) is 11.8. The van der Waals surface area contributed by atoms with Gasteiger partial charge in [-0.05, 0) is 68.4 Å². The maximum Gasteiger partial charge on any atom is 0.0722 e. The number of fused-ring (bicyclic) bond motifs is 1. The molecule has 0 amide bonds. The molecule has 0 aliphatic heterocycles. The van der Waals surface area contributed by atoms with Crippen molar-refractivity contribution in [2.75, 3.05) is 18.5 Å². The maximum absolute atomic E-state index is 6.50. The van der Waals surface area contributed by atoms with Crippen molar-refractivity contribution in [3.8, 4) is 0 Å². The number of para-hydroxylation sites is 1. The van der Waals surface area contributed by atoms with Crippen LogP contribution in [0.15, 0.2) is 36.5 Å². The van der Waals surface area contributed by atoms with Crippen molar-refractivity contribution in [2.45, 2.75) is 44.1 Å². The molecule has 4 aliphatic rings. The monoisotopic (exact) mass is 322 g/mol. The van der Waals surface area contributed by atoms with Crippen LogP contribution in [0.3, 0.4) is 0 Å². The molecule has 4 bridgehead atoms. The first kappa shape index (κ1) is 14.7. The van der Waals surface area contributed by atoms with E-state index in [9.17, 15) is 0 Å². The lowest BCUT2D eigenvalue weighted by Gasteiger charge is -2.56. The highest BCUT2D eigenvalue weighted by atomic mass is 16.5. The van der Waals surface area contributed by atoms with Crippen molar-refractivity contribution in [2.24, 2.45) is 17.8 Å². The van der Waals surface area contributed by atoms with Gasteiger partial charge in [-0.3, -0.25) is 4.98 Å². The zero-order chi connectivity index (χ0) is 16.0. The Labute approximate surface area is 143 Å². The molecule has 1 aromatic heterocycles. The Bertz CT molecular complexity index is 701. The minimum Gasteiger partial charge on any atom is -0.382 e. The van der Waals surface area contributed by atoms with E-state index in [0.29, 0.717) is 0 Å². The lowest BCUT2D eigenvalue weighted by atomic mass is 9.54. The number of hydrogen-bond acceptors (Lipinski definition) is 3. The highest BCUT2D eigenvalue weighted by Crippen LogP contribution is 2.57. The average Bonchev–Trinajstić information content (AvgIpc) is 2.58. The number of nitrogens with zero attached hydrogens (tertiary/aromatic N) is 1. The van der Waals surface area contributed by atoms with E-state index in [-0.39, 0.29) is 5.60 Å². The van der Waals surface area contributed by atoms with Crippen molar-refractivity contribution in [3.05, 3.63) is 36.5 Å². The lowest BCUT2D eigenvalue weighted by Crippen LogP contribution is -2.52. The molecule has 0 radical (unpaired) electrons. The predicted molar refractivity (Wildman–Crippen MR) is 97.1 cm³/mol. The van der Waals surface area contributed by atoms with Crippen molar-refractivity contribution < 1.29 is 4.74 Å². The number of ether oxygens (including phenoxy) is 1. The van der Waals surface area contributed by atoms with Gasteiger partial charge in [0.25, 0.3) is 0 Å². The topological polar surface area (TPSA) is 34.1 Å². The van der Waals surface area contributed by atoms with Crippen molar-refractivity contribution in [1.29, 1.82) is 0 Å². The van der Waals surface area contributed by atoms with Gasteiger partial charge >= 0.3 is 0 Å². The highest BCUT2D eigenvalue weighted by Gasteiger charge is 2.51. The normalized spacial score (nSPS) is 33.9. The number of pyridine rings is 1. The molecule has 3 heteroatoms. The van der Waals surface area contributed by atoms with Crippen molar-refractivity contribution >= 4 is 16.6 Å². The van der Waals surface area contributed by atoms with Crippen LogP contribution in [0.2, 0.25) is 0 Å². The van der Waals surface area contributed by atoms with Crippen LogP contribution < -0.4 is 5.32 Å². The summed E-state index contributed by atoms with van der Waals surface area (Å²) in [5, 5.41) is 4.74. The van der Waals surface area contributed by atoms with Crippen LogP contribution in [0, 0.1) is 17.8 Å². The minimum atomic E-state index is 0.219. The summed E-state index contributed by atoms with van der Waals surface area (Å²) >= 11 is 0. The molecule has 1 aromatic carbocycles. The summed E-state index contributed by atoms with van der Waals surface area (Å²) in [7, 11) is 0. The summed E-state index contributed by atoms with van der Waals surface area (Å²) in [5.74, 6) is 2.86. The van der Waals surface area contributed by atoms with Gasteiger partial charge in [0.1, 0.15) is 0 Å². The van der Waals surface area contributed by atoms with E-state index >= 15 is 0 Å². The number of anilines is 1. The van der Waals surface area contributed by atoms with Crippen LogP contribution in [-0.2, 0) is 4.74 Å². The van der Waals surface area contributed by atoms with Gasteiger partial charge in [-0.2, -0.15) is 0 Å². The molecule has 0 unspecified atom stereocenters. The van der Waals surface area contributed by atoms with E-state index in [4.69, 9.17) is 4.74 Å². The third-order valence-electron chi connectivity index (χ3n) is 6.46. The predicted octanol–water partition coefficient (Wildman–Crippen LogP) is 4.63. The summed E-state index contributed by atoms with van der Waals surface area (Å²) in [4.78, 5) is 4.43. The second kappa shape index (κ2) is 5.73. The first-order valence-electron chi connectivity index (χ1n) is 9.51. The Hall–Kier alpha value is -1.61. The largest absolute Gasteiger partial charge is 0.382 e. The molecule has 1 N–H and O–H groups in total. The Morgan fingerprint density at radius 2 is 1.71 bits per heavy atom. The number of aromatic nitrogens is 1. The van der Waals surface area contributed by atoms with Crippen LogP contribution in [-0.4, -0.2) is 23.7 Å². The third kappa shape index (κ3) is 2.59. The van der Waals surface area contributed by atoms with Crippen LogP contribution in [0.1, 0.15) is 38.5 Å². The fraction of sp³-hybridized carbons (Fsp3) is 0.571. The van der Waals surface area contributed by atoms with E-state index in [0.717, 1.165) is 42.1 Å². The summed E-state index contributed by atoms with van der Waals surface area (Å²) in [6.07, 6.45) is 10.3. The maximum atomic E-state index is 6.50. The number of nitrogens with one attached hydrogen (secondary N) is 1. The summed E-state index contributed by atoms with van der Waals surface area (Å²) in [5.41, 5.74) is 2.43. The molecule has 126 valence electrons. The van der Waals surface area contributed by atoms with Crippen molar-refractivity contribution in [1.82, 2.24) is 4.98 Å². The Balaban J connectivity index is 1.21. The highest BCUT2D eigenvalue weighted by molar-refractivity contribution is 5.90. The molecular formula is C21H26N2O. The summed E-state index contributed by atoms with van der Waals surface area (Å²) in [6, 6.07) is 10.4. The molecule has 6 rings (SSSR count). The number of rotatable bonds is 5. The van der Waals surface area contributed by atoms with E-state index in [1.807, 2.05) is 12.3 Å². The molecule has 0 spiro atoms. The fourth-order valence-corrected chi connectivity index (χ4v) is 5.91. The molecule has 2 aromatic rings. The molecule has 3 nitrogen and oxygen atoms in total. The Kier molecular flexibility index (Phi) is 3.51. The van der Waals surface area contributed by atoms with Gasteiger partial charge in [-0.1, -0.05) is 18.2 Å². The summed E-state index contributed by atoms with van der Waals surface area (Å²) < 4.78 is 6.50. The van der Waals surface area contributed by atoms with Gasteiger partial charge in [-0.15, -0.1) is 0 Å². The van der Waals surface area contributed by atoms with E-state index in [1.54, 1.807) is 0 Å². The van der Waals surface area contributed by atoms with Crippen molar-refractivity contribution in [3.63, 3.8) is 0 Å². The third-order valence-corrected chi connectivity index (χ3v) is 6.46. The number of hydrogen-bond donors (Lipinski definition) is 1. The lowest BCUT2D eigenvalue weighted by molar-refractivity contribution is -0.159. The van der Waals surface area contributed by atoms with Gasteiger partial charge in [0, 0.05) is 23.8 Å². The molecule has 4 aliphatic carbocycles. The second-order valence-corrected chi connectivity index (χ2v) is 8.25. The van der Waals surface area contributed by atoms with Crippen LogP contribution in [0.5, 0.6) is 0 Å².